The van der Waals surface area contributed by atoms with E-state index < -0.39 is 6.04 Å². The molecule has 8 nitrogen and oxygen atoms in total. The van der Waals surface area contributed by atoms with Crippen LogP contribution in [0.4, 0.5) is 10.5 Å². The number of ether oxygens (including phenoxy) is 1. The first kappa shape index (κ1) is 27.5. The van der Waals surface area contributed by atoms with Crippen molar-refractivity contribution < 1.29 is 19.1 Å². The van der Waals surface area contributed by atoms with Gasteiger partial charge in [0, 0.05) is 36.4 Å². The number of carbonyl (C=O) groups is 3. The summed E-state index contributed by atoms with van der Waals surface area (Å²) in [5, 5.41) is 6.28. The number of carbonyl (C=O) groups excluding carboxylic acids is 3. The molecule has 0 radical (unpaired) electrons. The van der Waals surface area contributed by atoms with Gasteiger partial charge in [-0.2, -0.15) is 0 Å². The van der Waals surface area contributed by atoms with Gasteiger partial charge in [0.1, 0.15) is 12.6 Å². The van der Waals surface area contributed by atoms with Gasteiger partial charge in [-0.1, -0.05) is 68.3 Å². The molecule has 0 aromatic heterocycles. The Morgan fingerprint density at radius 1 is 1.11 bits per heavy atom. The number of hydrogen-bond donors (Lipinski definition) is 2. The van der Waals surface area contributed by atoms with Gasteiger partial charge in [0.25, 0.3) is 0 Å². The van der Waals surface area contributed by atoms with Gasteiger partial charge in [-0.3, -0.25) is 9.59 Å². The summed E-state index contributed by atoms with van der Waals surface area (Å²) in [6.45, 7) is 7.21. The number of hydrogen-bond acceptors (Lipinski definition) is 4. The minimum atomic E-state index is -0.651. The third kappa shape index (κ3) is 7.70. The fraction of sp³-hybridized carbons (Fsp3) is 0.444. The number of piperazine rings is 1. The molecular formula is C27H35ClN4O4. The van der Waals surface area contributed by atoms with E-state index in [-0.39, 0.29) is 36.4 Å². The predicted molar refractivity (Wildman–Crippen MR) is 141 cm³/mol. The summed E-state index contributed by atoms with van der Waals surface area (Å²) in [6, 6.07) is 15.5. The Labute approximate surface area is 217 Å². The summed E-state index contributed by atoms with van der Waals surface area (Å²) in [6.07, 6.45) is 0.735. The number of rotatable bonds is 9. The van der Waals surface area contributed by atoms with Crippen LogP contribution in [0.15, 0.2) is 54.6 Å². The van der Waals surface area contributed by atoms with Gasteiger partial charge < -0.3 is 25.2 Å². The lowest BCUT2D eigenvalue weighted by atomic mass is 9.97. The zero-order chi connectivity index (χ0) is 26.1. The van der Waals surface area contributed by atoms with Crippen LogP contribution in [0.3, 0.4) is 0 Å². The lowest BCUT2D eigenvalue weighted by molar-refractivity contribution is -0.141. The number of benzene rings is 2. The number of urea groups is 1. The average Bonchev–Trinajstić information content (AvgIpc) is 2.87. The van der Waals surface area contributed by atoms with E-state index in [9.17, 15) is 14.4 Å². The fourth-order valence-corrected chi connectivity index (χ4v) is 4.34. The first-order chi connectivity index (χ1) is 17.3. The van der Waals surface area contributed by atoms with E-state index >= 15 is 0 Å². The maximum absolute atomic E-state index is 13.4. The molecule has 3 rings (SSSR count). The van der Waals surface area contributed by atoms with Gasteiger partial charge in [0.15, 0.2) is 0 Å². The molecule has 1 fully saturated rings. The average molecular weight is 515 g/mol. The standard InChI is InChI=1S/C27H35ClN4O4/c1-4-19(2)25(30-24(33)18-36-17-21-9-6-5-7-10-21)26(34)31-13-14-32(20(3)16-31)27(35)29-23-12-8-11-22(28)15-23/h5-12,15,19-20,25H,4,13-14,16-18H2,1-3H3,(H,29,35)(H,30,33). The summed E-state index contributed by atoms with van der Waals surface area (Å²) >= 11 is 6.01. The summed E-state index contributed by atoms with van der Waals surface area (Å²) in [5.74, 6) is -0.505. The number of amides is 4. The van der Waals surface area contributed by atoms with E-state index in [0.29, 0.717) is 37.0 Å². The van der Waals surface area contributed by atoms with E-state index in [1.165, 1.54) is 0 Å². The van der Waals surface area contributed by atoms with Crippen molar-refractivity contribution in [3.8, 4) is 0 Å². The van der Waals surface area contributed by atoms with Crippen LogP contribution in [-0.2, 0) is 20.9 Å². The molecule has 0 aliphatic carbocycles. The van der Waals surface area contributed by atoms with Crippen molar-refractivity contribution in [3.63, 3.8) is 0 Å². The van der Waals surface area contributed by atoms with Crippen LogP contribution in [-0.4, -0.2) is 66.0 Å². The molecule has 9 heteroatoms. The van der Waals surface area contributed by atoms with Crippen LogP contribution in [0.25, 0.3) is 0 Å². The van der Waals surface area contributed by atoms with Gasteiger partial charge >= 0.3 is 6.03 Å². The summed E-state index contributed by atoms with van der Waals surface area (Å²) in [5.41, 5.74) is 1.60. The molecule has 2 aromatic carbocycles. The second-order valence-corrected chi connectivity index (χ2v) is 9.61. The maximum atomic E-state index is 13.4. The van der Waals surface area contributed by atoms with Crippen molar-refractivity contribution >= 4 is 35.1 Å². The minimum absolute atomic E-state index is 0.0463. The highest BCUT2D eigenvalue weighted by molar-refractivity contribution is 6.30. The van der Waals surface area contributed by atoms with Crippen molar-refractivity contribution in [3.05, 3.63) is 65.2 Å². The lowest BCUT2D eigenvalue weighted by Gasteiger charge is -2.41. The molecule has 0 saturated carbocycles. The molecule has 2 N–H and O–H groups in total. The van der Waals surface area contributed by atoms with E-state index in [4.69, 9.17) is 16.3 Å². The highest BCUT2D eigenvalue weighted by Gasteiger charge is 2.35. The SMILES string of the molecule is CCC(C)C(NC(=O)COCc1ccccc1)C(=O)N1CCN(C(=O)Nc2cccc(Cl)c2)C(C)C1. The van der Waals surface area contributed by atoms with Crippen molar-refractivity contribution in [1.82, 2.24) is 15.1 Å². The third-order valence-electron chi connectivity index (χ3n) is 6.42. The molecule has 2 aromatic rings. The van der Waals surface area contributed by atoms with Crippen molar-refractivity contribution in [2.75, 3.05) is 31.6 Å². The molecule has 4 amide bonds. The van der Waals surface area contributed by atoms with E-state index in [2.05, 4.69) is 10.6 Å². The summed E-state index contributed by atoms with van der Waals surface area (Å²) in [7, 11) is 0. The fourth-order valence-electron chi connectivity index (χ4n) is 4.15. The van der Waals surface area contributed by atoms with Crippen LogP contribution in [0.1, 0.15) is 32.8 Å². The monoisotopic (exact) mass is 514 g/mol. The first-order valence-electron chi connectivity index (χ1n) is 12.3. The maximum Gasteiger partial charge on any atom is 0.322 e. The molecule has 1 saturated heterocycles. The minimum Gasteiger partial charge on any atom is -0.367 e. The molecule has 36 heavy (non-hydrogen) atoms. The highest BCUT2D eigenvalue weighted by Crippen LogP contribution is 2.19. The van der Waals surface area contributed by atoms with Crippen LogP contribution < -0.4 is 10.6 Å². The van der Waals surface area contributed by atoms with Crippen molar-refractivity contribution in [1.29, 1.82) is 0 Å². The van der Waals surface area contributed by atoms with Crippen LogP contribution in [0.5, 0.6) is 0 Å². The topological polar surface area (TPSA) is 91.0 Å². The zero-order valence-corrected chi connectivity index (χ0v) is 21.8. The smallest absolute Gasteiger partial charge is 0.322 e. The Kier molecular flexibility index (Phi) is 10.1. The molecule has 3 atom stereocenters. The highest BCUT2D eigenvalue weighted by atomic mass is 35.5. The number of halogens is 1. The third-order valence-corrected chi connectivity index (χ3v) is 6.65. The van der Waals surface area contributed by atoms with Crippen LogP contribution in [0, 0.1) is 5.92 Å². The summed E-state index contributed by atoms with van der Waals surface area (Å²) < 4.78 is 5.54. The predicted octanol–water partition coefficient (Wildman–Crippen LogP) is 4.15. The second kappa shape index (κ2) is 13.3. The van der Waals surface area contributed by atoms with Gasteiger partial charge in [-0.25, -0.2) is 4.79 Å². The van der Waals surface area contributed by atoms with Crippen molar-refractivity contribution in [2.24, 2.45) is 5.92 Å². The van der Waals surface area contributed by atoms with Gasteiger partial charge in [0.05, 0.1) is 6.61 Å². The second-order valence-electron chi connectivity index (χ2n) is 9.18. The van der Waals surface area contributed by atoms with Gasteiger partial charge in [-0.15, -0.1) is 0 Å². The molecule has 1 aliphatic heterocycles. The van der Waals surface area contributed by atoms with Crippen molar-refractivity contribution in [2.45, 2.75) is 45.9 Å². The van der Waals surface area contributed by atoms with Gasteiger partial charge in [0.2, 0.25) is 11.8 Å². The molecule has 0 bridgehead atoms. The Balaban J connectivity index is 1.54. The lowest BCUT2D eigenvalue weighted by Crippen LogP contribution is -2.60. The number of nitrogens with zero attached hydrogens (tertiary/aromatic N) is 2. The van der Waals surface area contributed by atoms with E-state index in [1.54, 1.807) is 34.1 Å². The molecule has 194 valence electrons. The van der Waals surface area contributed by atoms with Crippen LogP contribution in [0.2, 0.25) is 5.02 Å². The zero-order valence-electron chi connectivity index (χ0n) is 21.1. The van der Waals surface area contributed by atoms with E-state index in [1.807, 2.05) is 51.1 Å². The van der Waals surface area contributed by atoms with Crippen LogP contribution >= 0.6 is 11.6 Å². The first-order valence-corrected chi connectivity index (χ1v) is 12.7. The largest absolute Gasteiger partial charge is 0.367 e. The Bertz CT molecular complexity index is 1040. The van der Waals surface area contributed by atoms with E-state index in [0.717, 1.165) is 12.0 Å². The Hall–Kier alpha value is -3.10. The Morgan fingerprint density at radius 3 is 2.53 bits per heavy atom. The quantitative estimate of drug-likeness (QED) is 0.526. The number of anilines is 1. The molecular weight excluding hydrogens is 480 g/mol. The van der Waals surface area contributed by atoms with Gasteiger partial charge in [-0.05, 0) is 36.6 Å². The Morgan fingerprint density at radius 2 is 1.86 bits per heavy atom. The molecule has 3 unspecified atom stereocenters. The molecule has 0 spiro atoms. The number of nitrogens with one attached hydrogen (secondary N) is 2. The molecule has 1 heterocycles. The summed E-state index contributed by atoms with van der Waals surface area (Å²) in [4.78, 5) is 42.2. The molecule has 1 aliphatic rings. The normalized spacial score (nSPS) is 17.3.